The Balaban J connectivity index is 1.48. The van der Waals surface area contributed by atoms with Gasteiger partial charge in [-0.3, -0.25) is 0 Å². The summed E-state index contributed by atoms with van der Waals surface area (Å²) in [6.07, 6.45) is 1.93. The normalized spacial score (nSPS) is 14.9. The molecule has 1 aliphatic rings. The number of hydrogen-bond donors (Lipinski definition) is 1. The highest BCUT2D eigenvalue weighted by Gasteiger charge is 2.23. The molecule has 1 aliphatic heterocycles. The SMILES string of the molecule is CCN(Cc1cccs1)C(=O)NC1CCN(c2ccc(OC)cc2)CC1. The molecule has 140 valence electrons. The van der Waals surface area contributed by atoms with Crippen molar-refractivity contribution < 1.29 is 9.53 Å². The van der Waals surface area contributed by atoms with Crippen molar-refractivity contribution in [3.8, 4) is 5.75 Å². The van der Waals surface area contributed by atoms with E-state index in [1.807, 2.05) is 30.0 Å². The molecule has 0 saturated carbocycles. The minimum Gasteiger partial charge on any atom is -0.497 e. The number of ether oxygens (including phenoxy) is 1. The number of carbonyl (C=O) groups excluding carboxylic acids is 1. The van der Waals surface area contributed by atoms with Gasteiger partial charge in [-0.2, -0.15) is 0 Å². The lowest BCUT2D eigenvalue weighted by Gasteiger charge is -2.35. The van der Waals surface area contributed by atoms with Crippen molar-refractivity contribution in [3.05, 3.63) is 46.7 Å². The van der Waals surface area contributed by atoms with Gasteiger partial charge in [-0.15, -0.1) is 11.3 Å². The van der Waals surface area contributed by atoms with Gasteiger partial charge in [0.05, 0.1) is 13.7 Å². The van der Waals surface area contributed by atoms with E-state index in [1.54, 1.807) is 18.4 Å². The summed E-state index contributed by atoms with van der Waals surface area (Å²) in [6.45, 7) is 5.33. The van der Waals surface area contributed by atoms with Crippen LogP contribution in [0, 0.1) is 0 Å². The molecule has 0 bridgehead atoms. The van der Waals surface area contributed by atoms with E-state index < -0.39 is 0 Å². The molecule has 0 radical (unpaired) electrons. The van der Waals surface area contributed by atoms with Gasteiger partial charge in [-0.1, -0.05) is 6.07 Å². The molecule has 1 aromatic carbocycles. The van der Waals surface area contributed by atoms with Gasteiger partial charge < -0.3 is 19.9 Å². The van der Waals surface area contributed by atoms with Crippen molar-refractivity contribution >= 4 is 23.1 Å². The molecule has 26 heavy (non-hydrogen) atoms. The van der Waals surface area contributed by atoms with Gasteiger partial charge in [0.1, 0.15) is 5.75 Å². The Morgan fingerprint density at radius 3 is 2.58 bits per heavy atom. The Hall–Kier alpha value is -2.21. The third-order valence-corrected chi connectivity index (χ3v) is 5.72. The number of nitrogens with zero attached hydrogens (tertiary/aromatic N) is 2. The predicted molar refractivity (Wildman–Crippen MR) is 107 cm³/mol. The highest BCUT2D eigenvalue weighted by molar-refractivity contribution is 7.09. The lowest BCUT2D eigenvalue weighted by Crippen LogP contribution is -2.49. The number of urea groups is 1. The second kappa shape index (κ2) is 8.94. The van der Waals surface area contributed by atoms with Crippen LogP contribution in [-0.4, -0.2) is 43.7 Å². The number of rotatable bonds is 6. The largest absolute Gasteiger partial charge is 0.497 e. The Morgan fingerprint density at radius 2 is 2.00 bits per heavy atom. The molecule has 1 aromatic heterocycles. The number of anilines is 1. The fraction of sp³-hybridized carbons (Fsp3) is 0.450. The van der Waals surface area contributed by atoms with Crippen LogP contribution in [0.15, 0.2) is 41.8 Å². The van der Waals surface area contributed by atoms with Crippen LogP contribution >= 0.6 is 11.3 Å². The molecule has 1 N–H and O–H groups in total. The van der Waals surface area contributed by atoms with Gasteiger partial charge in [0.2, 0.25) is 0 Å². The molecule has 0 aliphatic carbocycles. The van der Waals surface area contributed by atoms with Crippen LogP contribution in [0.3, 0.4) is 0 Å². The molecule has 6 heteroatoms. The molecular formula is C20H27N3O2S. The Kier molecular flexibility index (Phi) is 6.39. The zero-order valence-corrected chi connectivity index (χ0v) is 16.3. The Morgan fingerprint density at radius 1 is 1.27 bits per heavy atom. The summed E-state index contributed by atoms with van der Waals surface area (Å²) >= 11 is 1.69. The van der Waals surface area contributed by atoms with E-state index >= 15 is 0 Å². The van der Waals surface area contributed by atoms with E-state index in [0.717, 1.165) is 31.7 Å². The molecule has 2 heterocycles. The Labute approximate surface area is 159 Å². The van der Waals surface area contributed by atoms with Crippen molar-refractivity contribution in [3.63, 3.8) is 0 Å². The summed E-state index contributed by atoms with van der Waals surface area (Å²) in [4.78, 5) is 18.0. The highest BCUT2D eigenvalue weighted by atomic mass is 32.1. The van der Waals surface area contributed by atoms with E-state index in [2.05, 4.69) is 33.8 Å². The smallest absolute Gasteiger partial charge is 0.317 e. The molecule has 0 unspecified atom stereocenters. The lowest BCUT2D eigenvalue weighted by atomic mass is 10.0. The molecule has 3 rings (SSSR count). The maximum atomic E-state index is 12.6. The first-order valence-electron chi connectivity index (χ1n) is 9.16. The summed E-state index contributed by atoms with van der Waals surface area (Å²) in [5.74, 6) is 0.876. The first kappa shape index (κ1) is 18.6. The number of amides is 2. The highest BCUT2D eigenvalue weighted by Crippen LogP contribution is 2.23. The number of thiophene rings is 1. The van der Waals surface area contributed by atoms with E-state index in [0.29, 0.717) is 13.1 Å². The van der Waals surface area contributed by atoms with Crippen LogP contribution in [-0.2, 0) is 6.54 Å². The minimum atomic E-state index is 0.0452. The number of nitrogens with one attached hydrogen (secondary N) is 1. The van der Waals surface area contributed by atoms with Gasteiger partial charge in [0.15, 0.2) is 0 Å². The van der Waals surface area contributed by atoms with Crippen LogP contribution in [0.4, 0.5) is 10.5 Å². The molecule has 2 aromatic rings. The molecule has 5 nitrogen and oxygen atoms in total. The average molecular weight is 374 g/mol. The molecule has 0 spiro atoms. The standard InChI is InChI=1S/C20H27N3O2S/c1-3-22(15-19-5-4-14-26-19)20(24)21-16-10-12-23(13-11-16)17-6-8-18(25-2)9-7-17/h4-9,14,16H,3,10-13,15H2,1-2H3,(H,21,24). The topological polar surface area (TPSA) is 44.8 Å². The van der Waals surface area contributed by atoms with Crippen LogP contribution in [0.5, 0.6) is 5.75 Å². The van der Waals surface area contributed by atoms with Gasteiger partial charge in [0.25, 0.3) is 0 Å². The molecule has 0 atom stereocenters. The lowest BCUT2D eigenvalue weighted by molar-refractivity contribution is 0.192. The number of methoxy groups -OCH3 is 1. The van der Waals surface area contributed by atoms with Gasteiger partial charge in [-0.25, -0.2) is 4.79 Å². The van der Waals surface area contributed by atoms with E-state index in [-0.39, 0.29) is 12.1 Å². The second-order valence-electron chi connectivity index (χ2n) is 6.50. The van der Waals surface area contributed by atoms with Crippen molar-refractivity contribution in [1.29, 1.82) is 0 Å². The first-order chi connectivity index (χ1) is 12.7. The van der Waals surface area contributed by atoms with Crippen LogP contribution < -0.4 is 15.0 Å². The summed E-state index contributed by atoms with van der Waals surface area (Å²) in [5.41, 5.74) is 1.21. The number of benzene rings is 1. The maximum Gasteiger partial charge on any atom is 0.317 e. The monoisotopic (exact) mass is 373 g/mol. The first-order valence-corrected chi connectivity index (χ1v) is 10.0. The summed E-state index contributed by atoms with van der Waals surface area (Å²) in [7, 11) is 1.68. The number of piperidine rings is 1. The van der Waals surface area contributed by atoms with Crippen molar-refractivity contribution in [1.82, 2.24) is 10.2 Å². The number of carbonyl (C=O) groups is 1. The van der Waals surface area contributed by atoms with E-state index in [9.17, 15) is 4.79 Å². The zero-order valence-electron chi connectivity index (χ0n) is 15.5. The summed E-state index contributed by atoms with van der Waals surface area (Å²) in [5, 5.41) is 5.27. The minimum absolute atomic E-state index is 0.0452. The average Bonchev–Trinajstić information content (AvgIpc) is 3.20. The van der Waals surface area contributed by atoms with Crippen molar-refractivity contribution in [2.75, 3.05) is 31.6 Å². The van der Waals surface area contributed by atoms with Crippen LogP contribution in [0.2, 0.25) is 0 Å². The van der Waals surface area contributed by atoms with Gasteiger partial charge in [-0.05, 0) is 55.5 Å². The van der Waals surface area contributed by atoms with E-state index in [4.69, 9.17) is 4.74 Å². The molecular weight excluding hydrogens is 346 g/mol. The second-order valence-corrected chi connectivity index (χ2v) is 7.53. The van der Waals surface area contributed by atoms with Gasteiger partial charge in [0, 0.05) is 36.2 Å². The molecule has 2 amide bonds. The predicted octanol–water partition coefficient (Wildman–Crippen LogP) is 3.96. The van der Waals surface area contributed by atoms with E-state index in [1.165, 1.54) is 10.6 Å². The third kappa shape index (κ3) is 4.69. The quantitative estimate of drug-likeness (QED) is 0.834. The zero-order chi connectivity index (χ0) is 18.4. The molecule has 1 saturated heterocycles. The summed E-state index contributed by atoms with van der Waals surface area (Å²) in [6, 6.07) is 12.6. The Bertz CT molecular complexity index is 680. The van der Waals surface area contributed by atoms with Crippen LogP contribution in [0.1, 0.15) is 24.6 Å². The fourth-order valence-electron chi connectivity index (χ4n) is 3.26. The fourth-order valence-corrected chi connectivity index (χ4v) is 3.98. The van der Waals surface area contributed by atoms with Crippen LogP contribution in [0.25, 0.3) is 0 Å². The third-order valence-electron chi connectivity index (χ3n) is 4.86. The number of hydrogen-bond acceptors (Lipinski definition) is 4. The maximum absolute atomic E-state index is 12.6. The summed E-state index contributed by atoms with van der Waals surface area (Å²) < 4.78 is 5.22. The van der Waals surface area contributed by atoms with Crippen molar-refractivity contribution in [2.45, 2.75) is 32.4 Å². The van der Waals surface area contributed by atoms with Gasteiger partial charge >= 0.3 is 6.03 Å². The van der Waals surface area contributed by atoms with Crippen molar-refractivity contribution in [2.24, 2.45) is 0 Å². The molecule has 1 fully saturated rings.